The van der Waals surface area contributed by atoms with E-state index in [1.54, 1.807) is 10.9 Å². The van der Waals surface area contributed by atoms with Crippen molar-refractivity contribution in [2.75, 3.05) is 32.1 Å². The molecule has 1 aliphatic heterocycles. The van der Waals surface area contributed by atoms with Crippen LogP contribution in [0.4, 0.5) is 19.0 Å². The van der Waals surface area contributed by atoms with E-state index in [9.17, 15) is 18.0 Å². The highest BCUT2D eigenvalue weighted by Crippen LogP contribution is 2.32. The first kappa shape index (κ1) is 28.6. The summed E-state index contributed by atoms with van der Waals surface area (Å²) < 4.78 is 38.3. The van der Waals surface area contributed by atoms with Gasteiger partial charge in [-0.25, -0.2) is 19.6 Å². The van der Waals surface area contributed by atoms with Gasteiger partial charge in [0.15, 0.2) is 10.8 Å². The summed E-state index contributed by atoms with van der Waals surface area (Å²) in [6, 6.07) is 8.05. The number of nitrogens with one attached hydrogen (secondary N) is 2. The minimum atomic E-state index is -5.08. The van der Waals surface area contributed by atoms with Crippen LogP contribution in [0.3, 0.4) is 0 Å². The maximum Gasteiger partial charge on any atom is 0.490 e. The van der Waals surface area contributed by atoms with Gasteiger partial charge in [0.05, 0.1) is 18.9 Å². The maximum atomic E-state index is 11.8. The standard InChI is InChI=1S/C22H22N8O2S.C2HF3O2/c1-30-12-16(10-26-30)14-4-3-5-15(6-14)18-25-11-17(19(27-18)24-9-13-7-23-8-13)20-28-29-21(33-20)22(31)32-2;3-2(4,5)1(6)7/h3-6,10-13,23H,7-9H2,1-2H3,(H,24,25,27);(H,6,7). The number of carboxylic acid groups (broad SMARTS) is 1. The van der Waals surface area contributed by atoms with E-state index in [-0.39, 0.29) is 5.01 Å². The van der Waals surface area contributed by atoms with Crippen LogP contribution < -0.4 is 10.6 Å². The van der Waals surface area contributed by atoms with Crippen LogP contribution in [-0.2, 0) is 16.6 Å². The number of nitrogens with zero attached hydrogens (tertiary/aromatic N) is 6. The number of halogens is 3. The quantitative estimate of drug-likeness (QED) is 0.278. The van der Waals surface area contributed by atoms with Gasteiger partial charge < -0.3 is 20.5 Å². The summed E-state index contributed by atoms with van der Waals surface area (Å²) in [4.78, 5) is 30.1. The van der Waals surface area contributed by atoms with Crippen LogP contribution in [-0.4, -0.2) is 79.9 Å². The van der Waals surface area contributed by atoms with Crippen LogP contribution in [0.25, 0.3) is 33.1 Å². The molecule has 5 rings (SSSR count). The Morgan fingerprint density at radius 2 is 1.93 bits per heavy atom. The molecule has 0 radical (unpaired) electrons. The van der Waals surface area contributed by atoms with Gasteiger partial charge in [-0.05, 0) is 11.6 Å². The number of alkyl halides is 3. The molecule has 0 spiro atoms. The molecule has 0 aliphatic carbocycles. The van der Waals surface area contributed by atoms with Crippen LogP contribution >= 0.6 is 11.3 Å². The first-order valence-corrected chi connectivity index (χ1v) is 12.5. The Morgan fingerprint density at radius 3 is 2.52 bits per heavy atom. The SMILES string of the molecule is COC(=O)c1nnc(-c2cnc(-c3cccc(-c4cnn(C)c4)c3)nc2NCC2CNC2)s1.O=C(O)C(F)(F)F. The van der Waals surface area contributed by atoms with Crippen molar-refractivity contribution in [3.05, 3.63) is 47.9 Å². The number of aromatic nitrogens is 6. The third-order valence-corrected chi connectivity index (χ3v) is 6.57. The Bertz CT molecular complexity index is 1500. The summed E-state index contributed by atoms with van der Waals surface area (Å²) in [7, 11) is 3.21. The number of aryl methyl sites for hydroxylation is 1. The van der Waals surface area contributed by atoms with Gasteiger partial charge in [-0.15, -0.1) is 10.2 Å². The Kier molecular flexibility index (Phi) is 8.69. The van der Waals surface area contributed by atoms with E-state index < -0.39 is 18.1 Å². The van der Waals surface area contributed by atoms with E-state index in [0.29, 0.717) is 28.1 Å². The molecule has 1 aromatic carbocycles. The summed E-state index contributed by atoms with van der Waals surface area (Å²) in [5.74, 6) is -1.49. The van der Waals surface area contributed by atoms with Crippen molar-refractivity contribution in [2.45, 2.75) is 6.18 Å². The number of hydrogen-bond acceptors (Lipinski definition) is 11. The molecule has 0 atom stereocenters. The topological polar surface area (TPSA) is 157 Å². The van der Waals surface area contributed by atoms with Gasteiger partial charge in [-0.3, -0.25) is 4.68 Å². The van der Waals surface area contributed by atoms with Gasteiger partial charge in [0.2, 0.25) is 5.01 Å². The van der Waals surface area contributed by atoms with Gasteiger partial charge in [0.25, 0.3) is 0 Å². The lowest BCUT2D eigenvalue weighted by atomic mass is 10.0. The van der Waals surface area contributed by atoms with Gasteiger partial charge in [-0.2, -0.15) is 18.3 Å². The van der Waals surface area contributed by atoms with Gasteiger partial charge in [0, 0.05) is 56.1 Å². The number of esters is 1. The Morgan fingerprint density at radius 1 is 1.20 bits per heavy atom. The highest BCUT2D eigenvalue weighted by atomic mass is 32.1. The number of carbonyl (C=O) groups excluding carboxylic acids is 1. The minimum Gasteiger partial charge on any atom is -0.475 e. The average molecular weight is 577 g/mol. The summed E-state index contributed by atoms with van der Waals surface area (Å²) in [5.41, 5.74) is 3.65. The molecule has 0 bridgehead atoms. The second kappa shape index (κ2) is 12.2. The summed E-state index contributed by atoms with van der Waals surface area (Å²) in [5, 5.41) is 27.0. The van der Waals surface area contributed by atoms with Crippen molar-refractivity contribution in [2.24, 2.45) is 13.0 Å². The van der Waals surface area contributed by atoms with Crippen LogP contribution in [0.2, 0.25) is 0 Å². The normalized spacial score (nSPS) is 13.1. The molecule has 0 saturated carbocycles. The number of anilines is 1. The predicted molar refractivity (Wildman–Crippen MR) is 138 cm³/mol. The monoisotopic (exact) mass is 576 g/mol. The third-order valence-electron chi connectivity index (χ3n) is 5.63. The van der Waals surface area contributed by atoms with Gasteiger partial charge >= 0.3 is 18.1 Å². The second-order valence-corrected chi connectivity index (χ2v) is 9.53. The second-order valence-electron chi connectivity index (χ2n) is 8.55. The number of ether oxygens (including phenoxy) is 1. The van der Waals surface area contributed by atoms with Crippen molar-refractivity contribution in [1.82, 2.24) is 35.3 Å². The number of carboxylic acids is 1. The van der Waals surface area contributed by atoms with E-state index in [1.807, 2.05) is 43.7 Å². The van der Waals surface area contributed by atoms with Crippen molar-refractivity contribution < 1.29 is 32.6 Å². The fourth-order valence-corrected chi connectivity index (χ4v) is 4.23. The molecule has 16 heteroatoms. The number of aliphatic carboxylic acids is 1. The van der Waals surface area contributed by atoms with E-state index in [4.69, 9.17) is 19.6 Å². The zero-order valence-electron chi connectivity index (χ0n) is 21.1. The highest BCUT2D eigenvalue weighted by molar-refractivity contribution is 7.16. The molecule has 12 nitrogen and oxygen atoms in total. The zero-order valence-corrected chi connectivity index (χ0v) is 22.0. The molecule has 4 heterocycles. The van der Waals surface area contributed by atoms with Crippen LogP contribution in [0, 0.1) is 5.92 Å². The molecule has 40 heavy (non-hydrogen) atoms. The Hall–Kier alpha value is -4.44. The smallest absolute Gasteiger partial charge is 0.475 e. The maximum absolute atomic E-state index is 11.8. The van der Waals surface area contributed by atoms with Crippen molar-refractivity contribution >= 4 is 29.1 Å². The lowest BCUT2D eigenvalue weighted by Crippen LogP contribution is -2.45. The van der Waals surface area contributed by atoms with Crippen LogP contribution in [0.15, 0.2) is 42.9 Å². The molecule has 1 aliphatic rings. The molecule has 1 saturated heterocycles. The first-order chi connectivity index (χ1) is 19.0. The molecule has 3 aromatic heterocycles. The van der Waals surface area contributed by atoms with Gasteiger partial charge in [-0.1, -0.05) is 29.5 Å². The summed E-state index contributed by atoms with van der Waals surface area (Å²) in [6.07, 6.45) is 0.441. The summed E-state index contributed by atoms with van der Waals surface area (Å²) in [6.45, 7) is 2.71. The summed E-state index contributed by atoms with van der Waals surface area (Å²) >= 11 is 1.15. The van der Waals surface area contributed by atoms with Crippen LogP contribution in [0.5, 0.6) is 0 Å². The molecule has 0 unspecified atom stereocenters. The predicted octanol–water partition coefficient (Wildman–Crippen LogP) is 3.11. The zero-order chi connectivity index (χ0) is 28.9. The lowest BCUT2D eigenvalue weighted by molar-refractivity contribution is -0.192. The van der Waals surface area contributed by atoms with Crippen molar-refractivity contribution in [1.29, 1.82) is 0 Å². The molecular formula is C24H23F3N8O4S. The molecule has 1 fully saturated rings. The van der Waals surface area contributed by atoms with Crippen LogP contribution in [0.1, 0.15) is 9.80 Å². The largest absolute Gasteiger partial charge is 0.490 e. The number of methoxy groups -OCH3 is 1. The van der Waals surface area contributed by atoms with Gasteiger partial charge in [0.1, 0.15) is 5.82 Å². The molecule has 3 N–H and O–H groups in total. The fourth-order valence-electron chi connectivity index (χ4n) is 3.46. The lowest BCUT2D eigenvalue weighted by Gasteiger charge is -2.27. The van der Waals surface area contributed by atoms with E-state index in [0.717, 1.165) is 47.7 Å². The number of benzene rings is 1. The highest BCUT2D eigenvalue weighted by Gasteiger charge is 2.38. The van der Waals surface area contributed by atoms with E-state index >= 15 is 0 Å². The number of hydrogen-bond donors (Lipinski definition) is 3. The van der Waals surface area contributed by atoms with E-state index in [2.05, 4.69) is 30.9 Å². The Balaban J connectivity index is 0.000000470. The first-order valence-electron chi connectivity index (χ1n) is 11.7. The number of carbonyl (C=O) groups is 2. The van der Waals surface area contributed by atoms with Crippen molar-refractivity contribution in [3.63, 3.8) is 0 Å². The molecule has 0 amide bonds. The minimum absolute atomic E-state index is 0.190. The molecule has 4 aromatic rings. The third kappa shape index (κ3) is 6.95. The fraction of sp³-hybridized carbons (Fsp3) is 0.292. The molecule has 210 valence electrons. The van der Waals surface area contributed by atoms with E-state index in [1.165, 1.54) is 7.11 Å². The average Bonchev–Trinajstić information content (AvgIpc) is 3.57. The number of rotatable bonds is 7. The van der Waals surface area contributed by atoms with Crippen molar-refractivity contribution in [3.8, 4) is 33.1 Å². The Labute approximate surface area is 229 Å². The molecular weight excluding hydrogens is 553 g/mol.